The van der Waals surface area contributed by atoms with Crippen LogP contribution in [0, 0.1) is 11.8 Å². The Kier molecular flexibility index (Phi) is 11.7. The molecule has 8 rings (SSSR count). The summed E-state index contributed by atoms with van der Waals surface area (Å²) in [7, 11) is -2.26. The first-order valence-corrected chi connectivity index (χ1v) is 22.8. The van der Waals surface area contributed by atoms with Gasteiger partial charge in [-0.2, -0.15) is 0 Å². The average molecular weight is 814 g/mol. The van der Waals surface area contributed by atoms with Crippen molar-refractivity contribution >= 4 is 44.6 Å². The lowest BCUT2D eigenvalue weighted by molar-refractivity contribution is -0.145. The number of likely N-dealkylation sites (tertiary alicyclic amines) is 1. The van der Waals surface area contributed by atoms with Crippen LogP contribution in [-0.2, 0) is 29.2 Å². The Balaban J connectivity index is 1.12. The van der Waals surface area contributed by atoms with Gasteiger partial charge in [-0.25, -0.2) is 13.4 Å². The number of fused-ring (bicyclic) bond motifs is 3. The van der Waals surface area contributed by atoms with Gasteiger partial charge >= 0.3 is 0 Å². The van der Waals surface area contributed by atoms with E-state index in [1.54, 1.807) is 12.0 Å². The molecule has 4 heterocycles. The first-order chi connectivity index (χ1) is 28.0. The Morgan fingerprint density at radius 3 is 2.38 bits per heavy atom. The van der Waals surface area contributed by atoms with Crippen molar-refractivity contribution in [3.63, 3.8) is 0 Å². The highest BCUT2D eigenvalue weighted by Gasteiger charge is 2.62. The van der Waals surface area contributed by atoms with E-state index in [0.29, 0.717) is 67.9 Å². The smallest absolute Gasteiger partial charge is 0.259 e. The minimum absolute atomic E-state index is 0.0376. The standard InChI is InChI=1S/C44H55N5O8S/c1-56-32-17-20-35-37(24-32)45-36(29-13-8-5-9-14-29)26-39(35)57-33-25-38-41(51)46-44(43(53)47-58(54,55)34-18-19-34)27-31(44)16-10-4-2-3-7-15-30(42(52)49(38)28-33)23-40(50)48-21-11-6-12-22-48/h5,8-9,13-14,17,20,24,26,30-31,33-34,38H,2-4,6-7,10-12,15-16,18-19,21-23,25,27-28H2,1H3,(H,46,51)(H,47,53)/t30-,31-,33-,38+,44-/m1/s1. The monoisotopic (exact) mass is 813 g/mol. The van der Waals surface area contributed by atoms with Crippen LogP contribution in [0.2, 0.25) is 0 Å². The fourth-order valence-corrected chi connectivity index (χ4v) is 10.6. The van der Waals surface area contributed by atoms with Crippen LogP contribution in [0.5, 0.6) is 11.5 Å². The van der Waals surface area contributed by atoms with Crippen molar-refractivity contribution in [3.05, 3.63) is 54.6 Å². The number of nitrogens with one attached hydrogen (secondary N) is 2. The van der Waals surface area contributed by atoms with Crippen LogP contribution in [0.15, 0.2) is 54.6 Å². The van der Waals surface area contributed by atoms with E-state index in [4.69, 9.17) is 14.5 Å². The summed E-state index contributed by atoms with van der Waals surface area (Å²) in [5.41, 5.74) is 0.838. The van der Waals surface area contributed by atoms with Crippen molar-refractivity contribution < 1.29 is 37.1 Å². The van der Waals surface area contributed by atoms with Crippen LogP contribution >= 0.6 is 0 Å². The molecule has 0 spiro atoms. The number of nitrogens with zero attached hydrogens (tertiary/aromatic N) is 3. The van der Waals surface area contributed by atoms with E-state index in [9.17, 15) is 27.6 Å². The quantitative estimate of drug-likeness (QED) is 0.284. The van der Waals surface area contributed by atoms with Gasteiger partial charge in [-0.15, -0.1) is 0 Å². The van der Waals surface area contributed by atoms with Crippen LogP contribution in [0.25, 0.3) is 22.2 Å². The molecular formula is C44H55N5O8S. The fraction of sp³-hybridized carbons (Fsp3) is 0.568. The van der Waals surface area contributed by atoms with Gasteiger partial charge in [-0.05, 0) is 69.4 Å². The number of carbonyl (C=O) groups excluding carboxylic acids is 4. The molecule has 2 N–H and O–H groups in total. The zero-order valence-corrected chi connectivity index (χ0v) is 34.1. The van der Waals surface area contributed by atoms with Crippen LogP contribution in [0.3, 0.4) is 0 Å². The molecule has 14 heteroatoms. The van der Waals surface area contributed by atoms with Gasteiger partial charge in [-0.1, -0.05) is 62.4 Å². The number of sulfonamides is 1. The van der Waals surface area contributed by atoms with Gasteiger partial charge in [0.15, 0.2) is 0 Å². The summed E-state index contributed by atoms with van der Waals surface area (Å²) in [6, 6.07) is 16.1. The van der Waals surface area contributed by atoms with Gasteiger partial charge < -0.3 is 24.6 Å². The van der Waals surface area contributed by atoms with Crippen molar-refractivity contribution in [3.8, 4) is 22.8 Å². The number of methoxy groups -OCH3 is 1. The number of amides is 4. The molecule has 310 valence electrons. The maximum atomic E-state index is 14.9. The van der Waals surface area contributed by atoms with E-state index < -0.39 is 50.7 Å². The van der Waals surface area contributed by atoms with Crippen LogP contribution in [0.4, 0.5) is 0 Å². The molecule has 5 fully saturated rings. The maximum absolute atomic E-state index is 14.9. The number of piperidine rings is 1. The molecule has 0 radical (unpaired) electrons. The van der Waals surface area contributed by atoms with E-state index >= 15 is 0 Å². The lowest BCUT2D eigenvalue weighted by Crippen LogP contribution is -2.57. The average Bonchev–Trinajstić information content (AvgIpc) is 4.16. The molecule has 5 atom stereocenters. The fourth-order valence-electron chi connectivity index (χ4n) is 9.21. The number of pyridine rings is 1. The molecule has 0 bridgehead atoms. The maximum Gasteiger partial charge on any atom is 0.259 e. The van der Waals surface area contributed by atoms with E-state index in [1.165, 1.54) is 0 Å². The van der Waals surface area contributed by atoms with Gasteiger partial charge in [0, 0.05) is 54.9 Å². The molecule has 3 aromatic rings. The first kappa shape index (κ1) is 40.1. The molecule has 4 amide bonds. The summed E-state index contributed by atoms with van der Waals surface area (Å²) >= 11 is 0. The number of aromatic nitrogens is 1. The van der Waals surface area contributed by atoms with E-state index in [2.05, 4.69) is 10.0 Å². The Bertz CT molecular complexity index is 2140. The Morgan fingerprint density at radius 1 is 0.914 bits per heavy atom. The third-order valence-electron chi connectivity index (χ3n) is 12.8. The van der Waals surface area contributed by atoms with Gasteiger partial charge in [-0.3, -0.25) is 23.9 Å². The molecule has 2 saturated carbocycles. The van der Waals surface area contributed by atoms with Crippen molar-refractivity contribution in [1.82, 2.24) is 24.8 Å². The van der Waals surface area contributed by atoms with Gasteiger partial charge in [0.1, 0.15) is 29.2 Å². The zero-order chi connectivity index (χ0) is 40.4. The first-order valence-electron chi connectivity index (χ1n) is 21.2. The largest absolute Gasteiger partial charge is 0.497 e. The van der Waals surface area contributed by atoms with Crippen molar-refractivity contribution in [2.75, 3.05) is 26.7 Å². The van der Waals surface area contributed by atoms with E-state index in [1.807, 2.05) is 59.5 Å². The number of benzene rings is 2. The number of hydrogen-bond acceptors (Lipinski definition) is 9. The second-order valence-electron chi connectivity index (χ2n) is 17.0. The molecule has 2 aromatic carbocycles. The minimum atomic E-state index is -3.86. The van der Waals surface area contributed by atoms with Crippen LogP contribution < -0.4 is 19.5 Å². The highest BCUT2D eigenvalue weighted by molar-refractivity contribution is 7.91. The predicted octanol–water partition coefficient (Wildman–Crippen LogP) is 5.51. The summed E-state index contributed by atoms with van der Waals surface area (Å²) < 4.78 is 40.5. The van der Waals surface area contributed by atoms with Gasteiger partial charge in [0.05, 0.1) is 30.1 Å². The lowest BCUT2D eigenvalue weighted by Gasteiger charge is -2.31. The van der Waals surface area contributed by atoms with Gasteiger partial charge in [0.25, 0.3) is 5.91 Å². The second kappa shape index (κ2) is 16.9. The number of carbonyl (C=O) groups is 4. The third kappa shape index (κ3) is 8.67. The van der Waals surface area contributed by atoms with Crippen LogP contribution in [-0.4, -0.2) is 96.5 Å². The molecular weight excluding hydrogens is 759 g/mol. The van der Waals surface area contributed by atoms with E-state index in [0.717, 1.165) is 62.3 Å². The second-order valence-corrected chi connectivity index (χ2v) is 18.9. The lowest BCUT2D eigenvalue weighted by atomic mass is 9.94. The third-order valence-corrected chi connectivity index (χ3v) is 14.6. The SMILES string of the molecule is COc1ccc2c(O[C@@H]3C[C@H]4C(=O)N[C@]5(C(=O)NS(=O)(=O)C6CC6)C[C@H]5CCCCCCC[C@H](CC(=O)N5CCCCC5)C(=O)N4C3)cc(-c3ccccc3)nc2c1. The van der Waals surface area contributed by atoms with Crippen molar-refractivity contribution in [1.29, 1.82) is 0 Å². The molecule has 58 heavy (non-hydrogen) atoms. The Labute approximate surface area is 340 Å². The van der Waals surface area contributed by atoms with Gasteiger partial charge in [0.2, 0.25) is 27.7 Å². The summed E-state index contributed by atoms with van der Waals surface area (Å²) in [4.78, 5) is 65.4. The Morgan fingerprint density at radius 2 is 1.64 bits per heavy atom. The summed E-state index contributed by atoms with van der Waals surface area (Å²) in [6.07, 6.45) is 9.44. The number of hydrogen-bond donors (Lipinski definition) is 2. The molecule has 3 saturated heterocycles. The highest BCUT2D eigenvalue weighted by atomic mass is 32.2. The normalized spacial score (nSPS) is 27.1. The predicted molar refractivity (Wildman–Crippen MR) is 218 cm³/mol. The van der Waals surface area contributed by atoms with E-state index in [-0.39, 0.29) is 37.1 Å². The number of rotatable bonds is 9. The molecule has 1 aromatic heterocycles. The minimum Gasteiger partial charge on any atom is -0.497 e. The van der Waals surface area contributed by atoms with Crippen LogP contribution in [0.1, 0.15) is 96.3 Å². The van der Waals surface area contributed by atoms with Crippen molar-refractivity contribution in [2.24, 2.45) is 11.8 Å². The molecule has 2 aliphatic carbocycles. The molecule has 3 aliphatic heterocycles. The Hall–Kier alpha value is -4.72. The zero-order valence-electron chi connectivity index (χ0n) is 33.3. The summed E-state index contributed by atoms with van der Waals surface area (Å²) in [6.45, 7) is 1.45. The van der Waals surface area contributed by atoms with Crippen molar-refractivity contribution in [2.45, 2.75) is 119 Å². The number of ether oxygens (including phenoxy) is 2. The summed E-state index contributed by atoms with van der Waals surface area (Å²) in [5.74, 6) is -1.22. The summed E-state index contributed by atoms with van der Waals surface area (Å²) in [5, 5.41) is 3.15. The highest BCUT2D eigenvalue weighted by Crippen LogP contribution is 2.48. The molecule has 0 unspecified atom stereocenters. The molecule has 13 nitrogen and oxygen atoms in total. The topological polar surface area (TPSA) is 164 Å². The molecule has 5 aliphatic rings.